The van der Waals surface area contributed by atoms with Crippen molar-refractivity contribution >= 4 is 22.7 Å². The van der Waals surface area contributed by atoms with Crippen LogP contribution in [0.3, 0.4) is 0 Å². The molecular weight excluding hydrogens is 376 g/mol. The van der Waals surface area contributed by atoms with Gasteiger partial charge >= 0.3 is 5.76 Å². The summed E-state index contributed by atoms with van der Waals surface area (Å²) in [6.07, 6.45) is 2.71. The Hall–Kier alpha value is -2.96. The summed E-state index contributed by atoms with van der Waals surface area (Å²) in [5.41, 5.74) is 4.43. The summed E-state index contributed by atoms with van der Waals surface area (Å²) in [4.78, 5) is 23.8. The van der Waals surface area contributed by atoms with Crippen LogP contribution in [0, 0.1) is 0 Å². The van der Waals surface area contributed by atoms with Gasteiger partial charge in [-0.3, -0.25) is 9.47 Å². The lowest BCUT2D eigenvalue weighted by Crippen LogP contribution is -2.35. The number of hydrogen-bond acceptors (Lipinski definition) is 5. The zero-order chi connectivity index (χ0) is 19.1. The molecule has 4 aromatic rings. The van der Waals surface area contributed by atoms with Crippen LogP contribution in [0.15, 0.2) is 63.9 Å². The zero-order valence-corrected chi connectivity index (χ0v) is 15.8. The predicted octanol–water partition coefficient (Wildman–Crippen LogP) is 3.72. The van der Waals surface area contributed by atoms with Crippen LogP contribution in [-0.4, -0.2) is 26.0 Å². The summed E-state index contributed by atoms with van der Waals surface area (Å²) >= 11 is 5.99. The van der Waals surface area contributed by atoms with Crippen LogP contribution in [0.5, 0.6) is 0 Å². The Bertz CT molecular complexity index is 1220. The van der Waals surface area contributed by atoms with Gasteiger partial charge in [0.2, 0.25) is 0 Å². The maximum Gasteiger partial charge on any atom is 0.421 e. The molecule has 0 bridgehead atoms. The van der Waals surface area contributed by atoms with Gasteiger partial charge < -0.3 is 4.42 Å². The first kappa shape index (κ1) is 17.2. The van der Waals surface area contributed by atoms with E-state index in [0.717, 1.165) is 41.1 Å². The second-order valence-electron chi connectivity index (χ2n) is 6.88. The van der Waals surface area contributed by atoms with Crippen LogP contribution in [-0.2, 0) is 19.6 Å². The van der Waals surface area contributed by atoms with Crippen LogP contribution in [0.25, 0.3) is 22.5 Å². The van der Waals surface area contributed by atoms with Crippen molar-refractivity contribution in [2.24, 2.45) is 0 Å². The monoisotopic (exact) mass is 392 g/mol. The van der Waals surface area contributed by atoms with E-state index in [1.54, 1.807) is 16.7 Å². The average molecular weight is 393 g/mol. The fraction of sp³-hybridized carbons (Fsp3) is 0.190. The third-order valence-electron chi connectivity index (χ3n) is 5.02. The lowest BCUT2D eigenvalue weighted by Gasteiger charge is -2.28. The second-order valence-corrected chi connectivity index (χ2v) is 7.32. The van der Waals surface area contributed by atoms with Crippen LogP contribution in [0.1, 0.15) is 11.3 Å². The highest BCUT2D eigenvalue weighted by Crippen LogP contribution is 2.23. The number of halogens is 1. The van der Waals surface area contributed by atoms with Crippen molar-refractivity contribution < 1.29 is 4.42 Å². The number of hydrogen-bond donors (Lipinski definition) is 0. The van der Waals surface area contributed by atoms with Gasteiger partial charge in [0.1, 0.15) is 0 Å². The Morgan fingerprint density at radius 2 is 2.00 bits per heavy atom. The number of benzene rings is 2. The van der Waals surface area contributed by atoms with E-state index in [0.29, 0.717) is 23.8 Å². The molecule has 0 atom stereocenters. The molecule has 0 saturated heterocycles. The Morgan fingerprint density at radius 3 is 2.86 bits per heavy atom. The van der Waals surface area contributed by atoms with Gasteiger partial charge in [0.05, 0.1) is 17.9 Å². The standard InChI is InChI=1S/C21H17ClN4O2/c22-16-6-7-18-19(10-16)28-21(27)26(18)13-25-9-8-17-15(12-25)11-23-20(24-17)14-4-2-1-3-5-14/h1-7,10-11H,8-9,12-13H2. The fourth-order valence-corrected chi connectivity index (χ4v) is 3.76. The molecule has 0 N–H and O–H groups in total. The maximum absolute atomic E-state index is 12.3. The quantitative estimate of drug-likeness (QED) is 0.531. The minimum Gasteiger partial charge on any atom is -0.408 e. The summed E-state index contributed by atoms with van der Waals surface area (Å²) in [6, 6.07) is 15.2. The van der Waals surface area contributed by atoms with Gasteiger partial charge in [-0.2, -0.15) is 0 Å². The van der Waals surface area contributed by atoms with Gasteiger partial charge in [0.15, 0.2) is 11.4 Å². The topological polar surface area (TPSA) is 64.2 Å². The Labute approximate surface area is 166 Å². The van der Waals surface area contributed by atoms with E-state index >= 15 is 0 Å². The van der Waals surface area contributed by atoms with Crippen LogP contribution in [0.4, 0.5) is 0 Å². The van der Waals surface area contributed by atoms with Crippen LogP contribution in [0.2, 0.25) is 5.02 Å². The molecule has 0 aliphatic carbocycles. The fourth-order valence-electron chi connectivity index (χ4n) is 3.60. The first-order valence-electron chi connectivity index (χ1n) is 9.09. The number of aromatic nitrogens is 3. The molecule has 0 fully saturated rings. The highest BCUT2D eigenvalue weighted by molar-refractivity contribution is 6.31. The molecule has 7 heteroatoms. The van der Waals surface area contributed by atoms with Gasteiger partial charge in [0.25, 0.3) is 0 Å². The summed E-state index contributed by atoms with van der Waals surface area (Å²) in [5.74, 6) is 0.375. The highest BCUT2D eigenvalue weighted by Gasteiger charge is 2.21. The summed E-state index contributed by atoms with van der Waals surface area (Å²) < 4.78 is 6.96. The highest BCUT2D eigenvalue weighted by atomic mass is 35.5. The van der Waals surface area contributed by atoms with Crippen molar-refractivity contribution in [2.45, 2.75) is 19.6 Å². The van der Waals surface area contributed by atoms with Crippen molar-refractivity contribution in [3.63, 3.8) is 0 Å². The molecule has 0 saturated carbocycles. The number of oxazole rings is 1. The Kier molecular flexibility index (Phi) is 4.22. The Balaban J connectivity index is 1.40. The van der Waals surface area contributed by atoms with Crippen LogP contribution >= 0.6 is 11.6 Å². The lowest BCUT2D eigenvalue weighted by molar-refractivity contribution is 0.194. The molecule has 1 aliphatic rings. The minimum absolute atomic E-state index is 0.376. The maximum atomic E-state index is 12.3. The zero-order valence-electron chi connectivity index (χ0n) is 15.0. The van der Waals surface area contributed by atoms with Gasteiger partial charge in [-0.25, -0.2) is 14.8 Å². The SMILES string of the molecule is O=c1oc2cc(Cl)ccc2n1CN1CCc2nc(-c3ccccc3)ncc2C1. The van der Waals surface area contributed by atoms with Crippen LogP contribution < -0.4 is 5.76 Å². The third-order valence-corrected chi connectivity index (χ3v) is 5.25. The Morgan fingerprint density at radius 1 is 1.14 bits per heavy atom. The normalized spacial score (nSPS) is 14.3. The average Bonchev–Trinajstić information content (AvgIpc) is 3.02. The minimum atomic E-state index is -0.376. The largest absolute Gasteiger partial charge is 0.421 e. The number of nitrogens with zero attached hydrogens (tertiary/aromatic N) is 4. The van der Waals surface area contributed by atoms with E-state index in [4.69, 9.17) is 21.0 Å². The molecular formula is C21H17ClN4O2. The first-order chi connectivity index (χ1) is 13.7. The molecule has 1 aliphatic heterocycles. The number of rotatable bonds is 3. The van der Waals surface area contributed by atoms with Gasteiger partial charge in [0, 0.05) is 47.9 Å². The van der Waals surface area contributed by atoms with Crippen molar-refractivity contribution in [2.75, 3.05) is 6.54 Å². The second kappa shape index (κ2) is 6.89. The van der Waals surface area contributed by atoms with Gasteiger partial charge in [-0.05, 0) is 12.1 Å². The van der Waals surface area contributed by atoms with Crippen molar-refractivity contribution in [3.8, 4) is 11.4 Å². The summed E-state index contributed by atoms with van der Waals surface area (Å²) in [7, 11) is 0. The van der Waals surface area contributed by atoms with Gasteiger partial charge in [-0.15, -0.1) is 0 Å². The van der Waals surface area contributed by atoms with E-state index in [2.05, 4.69) is 9.88 Å². The molecule has 0 radical (unpaired) electrons. The van der Waals surface area contributed by atoms with E-state index in [9.17, 15) is 4.79 Å². The molecule has 2 aromatic heterocycles. The summed E-state index contributed by atoms with van der Waals surface area (Å²) in [6.45, 7) is 1.95. The molecule has 28 heavy (non-hydrogen) atoms. The van der Waals surface area contributed by atoms with E-state index in [1.807, 2.05) is 42.6 Å². The molecule has 140 valence electrons. The molecule has 3 heterocycles. The van der Waals surface area contributed by atoms with Crippen molar-refractivity contribution in [3.05, 3.63) is 81.6 Å². The molecule has 0 spiro atoms. The predicted molar refractivity (Wildman–Crippen MR) is 107 cm³/mol. The number of fused-ring (bicyclic) bond motifs is 2. The smallest absolute Gasteiger partial charge is 0.408 e. The van der Waals surface area contributed by atoms with E-state index in [1.165, 1.54) is 0 Å². The lowest BCUT2D eigenvalue weighted by atomic mass is 10.1. The van der Waals surface area contributed by atoms with Gasteiger partial charge in [-0.1, -0.05) is 41.9 Å². The molecule has 0 unspecified atom stereocenters. The summed E-state index contributed by atoms with van der Waals surface area (Å²) in [5, 5.41) is 0.548. The van der Waals surface area contributed by atoms with Crippen molar-refractivity contribution in [1.29, 1.82) is 0 Å². The molecule has 2 aromatic carbocycles. The van der Waals surface area contributed by atoms with Crippen molar-refractivity contribution in [1.82, 2.24) is 19.4 Å². The third kappa shape index (κ3) is 3.10. The molecule has 5 rings (SSSR count). The molecule has 0 amide bonds. The molecule has 6 nitrogen and oxygen atoms in total. The first-order valence-corrected chi connectivity index (χ1v) is 9.46. The van der Waals surface area contributed by atoms with E-state index in [-0.39, 0.29) is 5.76 Å². The van der Waals surface area contributed by atoms with E-state index < -0.39 is 0 Å².